The first-order valence-corrected chi connectivity index (χ1v) is 11.2. The smallest absolute Gasteiger partial charge is 0.317 e. The molecule has 3 aromatic carbocycles. The molecule has 0 bridgehead atoms. The average molecular weight is 433 g/mol. The molecule has 0 atom stereocenters. The Morgan fingerprint density at radius 2 is 1.87 bits per heavy atom. The molecular weight excluding hydrogens is 408 g/mol. The standard InChI is InChI=1S/C24H24N4O2S/c1-30-19-9-10-21-22(15-19)31-24(26-21)28-13-11-27(12-14-28)23(29)25-16-18-7-4-6-17-5-2-3-8-20(17)18/h2-10,15H,11-14,16H2,1H3,(H,25,29). The first kappa shape index (κ1) is 19.6. The Morgan fingerprint density at radius 3 is 2.71 bits per heavy atom. The van der Waals surface area contributed by atoms with E-state index >= 15 is 0 Å². The van der Waals surface area contributed by atoms with E-state index in [4.69, 9.17) is 9.72 Å². The Bertz CT molecular complexity index is 1230. The molecule has 1 aromatic heterocycles. The number of hydrogen-bond donors (Lipinski definition) is 1. The summed E-state index contributed by atoms with van der Waals surface area (Å²) in [7, 11) is 1.67. The van der Waals surface area contributed by atoms with E-state index in [-0.39, 0.29) is 6.03 Å². The fraction of sp³-hybridized carbons (Fsp3) is 0.250. The van der Waals surface area contributed by atoms with Gasteiger partial charge in [0.2, 0.25) is 0 Å². The Morgan fingerprint density at radius 1 is 1.06 bits per heavy atom. The molecule has 0 aliphatic carbocycles. The van der Waals surface area contributed by atoms with E-state index < -0.39 is 0 Å². The van der Waals surface area contributed by atoms with Crippen molar-refractivity contribution in [2.24, 2.45) is 0 Å². The van der Waals surface area contributed by atoms with Crippen LogP contribution in [0.3, 0.4) is 0 Å². The van der Waals surface area contributed by atoms with E-state index in [2.05, 4.69) is 34.5 Å². The molecule has 1 aliphatic heterocycles. The minimum atomic E-state index is -0.0124. The largest absolute Gasteiger partial charge is 0.497 e. The van der Waals surface area contributed by atoms with Gasteiger partial charge in [-0.1, -0.05) is 53.8 Å². The molecule has 1 N–H and O–H groups in total. The van der Waals surface area contributed by atoms with Crippen LogP contribution in [0.2, 0.25) is 0 Å². The van der Waals surface area contributed by atoms with E-state index in [1.165, 1.54) is 10.8 Å². The van der Waals surface area contributed by atoms with Gasteiger partial charge in [-0.3, -0.25) is 0 Å². The molecule has 2 heterocycles. The number of rotatable bonds is 4. The number of nitrogens with zero attached hydrogens (tertiary/aromatic N) is 3. The minimum Gasteiger partial charge on any atom is -0.497 e. The molecule has 7 heteroatoms. The van der Waals surface area contributed by atoms with Gasteiger partial charge in [0.25, 0.3) is 0 Å². The van der Waals surface area contributed by atoms with Crippen LogP contribution in [-0.4, -0.2) is 49.2 Å². The van der Waals surface area contributed by atoms with E-state index in [1.54, 1.807) is 18.4 Å². The molecule has 1 saturated heterocycles. The van der Waals surface area contributed by atoms with Crippen molar-refractivity contribution in [3.05, 3.63) is 66.2 Å². The van der Waals surface area contributed by atoms with Gasteiger partial charge in [0.05, 0.1) is 17.3 Å². The van der Waals surface area contributed by atoms with E-state index in [0.29, 0.717) is 19.6 Å². The molecule has 158 valence electrons. The summed E-state index contributed by atoms with van der Waals surface area (Å²) in [6.07, 6.45) is 0. The van der Waals surface area contributed by atoms with Crippen LogP contribution in [0, 0.1) is 0 Å². The third kappa shape index (κ3) is 4.01. The zero-order valence-corrected chi connectivity index (χ0v) is 18.2. The molecule has 0 spiro atoms. The fourth-order valence-corrected chi connectivity index (χ4v) is 5.03. The number of amides is 2. The van der Waals surface area contributed by atoms with Gasteiger partial charge in [-0.05, 0) is 34.5 Å². The summed E-state index contributed by atoms with van der Waals surface area (Å²) in [5.74, 6) is 0.843. The van der Waals surface area contributed by atoms with Gasteiger partial charge in [-0.15, -0.1) is 0 Å². The maximum atomic E-state index is 12.7. The summed E-state index contributed by atoms with van der Waals surface area (Å²) in [6.45, 7) is 3.44. The minimum absolute atomic E-state index is 0.0124. The first-order valence-electron chi connectivity index (χ1n) is 10.4. The van der Waals surface area contributed by atoms with E-state index in [9.17, 15) is 4.79 Å². The number of thiazole rings is 1. The van der Waals surface area contributed by atoms with E-state index in [1.807, 2.05) is 41.3 Å². The molecule has 4 aromatic rings. The fourth-order valence-electron chi connectivity index (χ4n) is 3.99. The van der Waals surface area contributed by atoms with Crippen molar-refractivity contribution in [3.63, 3.8) is 0 Å². The maximum absolute atomic E-state index is 12.7. The number of anilines is 1. The van der Waals surface area contributed by atoms with Crippen LogP contribution < -0.4 is 15.0 Å². The quantitative estimate of drug-likeness (QED) is 0.516. The number of piperazine rings is 1. The normalized spacial score (nSPS) is 14.2. The highest BCUT2D eigenvalue weighted by molar-refractivity contribution is 7.22. The molecule has 0 saturated carbocycles. The average Bonchev–Trinajstić information content (AvgIpc) is 3.26. The van der Waals surface area contributed by atoms with Crippen molar-refractivity contribution in [1.29, 1.82) is 0 Å². The molecule has 1 aliphatic rings. The predicted octanol–water partition coefficient (Wildman–Crippen LogP) is 4.49. The van der Waals surface area contributed by atoms with Gasteiger partial charge in [-0.25, -0.2) is 9.78 Å². The van der Waals surface area contributed by atoms with Crippen LogP contribution in [0.1, 0.15) is 5.56 Å². The van der Waals surface area contributed by atoms with Crippen LogP contribution in [-0.2, 0) is 6.54 Å². The molecule has 0 unspecified atom stereocenters. The monoisotopic (exact) mass is 432 g/mol. The lowest BCUT2D eigenvalue weighted by atomic mass is 10.0. The summed E-state index contributed by atoms with van der Waals surface area (Å²) in [5, 5.41) is 6.46. The summed E-state index contributed by atoms with van der Waals surface area (Å²) >= 11 is 1.67. The summed E-state index contributed by atoms with van der Waals surface area (Å²) in [6, 6.07) is 20.4. The highest BCUT2D eigenvalue weighted by atomic mass is 32.1. The highest BCUT2D eigenvalue weighted by Crippen LogP contribution is 2.31. The van der Waals surface area contributed by atoms with Crippen molar-refractivity contribution in [3.8, 4) is 5.75 Å². The maximum Gasteiger partial charge on any atom is 0.317 e. The number of ether oxygens (including phenoxy) is 1. The molecule has 2 amide bonds. The first-order chi connectivity index (χ1) is 15.2. The van der Waals surface area contributed by atoms with Crippen LogP contribution in [0.4, 0.5) is 9.93 Å². The molecular formula is C24H24N4O2S. The lowest BCUT2D eigenvalue weighted by molar-refractivity contribution is 0.194. The Hall–Kier alpha value is -3.32. The Balaban J connectivity index is 1.20. The van der Waals surface area contributed by atoms with Crippen LogP contribution in [0.5, 0.6) is 5.75 Å². The molecule has 6 nitrogen and oxygen atoms in total. The zero-order chi connectivity index (χ0) is 21.2. The van der Waals surface area contributed by atoms with Crippen molar-refractivity contribution < 1.29 is 9.53 Å². The van der Waals surface area contributed by atoms with Crippen molar-refractivity contribution in [1.82, 2.24) is 15.2 Å². The lowest BCUT2D eigenvalue weighted by Gasteiger charge is -2.34. The number of methoxy groups -OCH3 is 1. The lowest BCUT2D eigenvalue weighted by Crippen LogP contribution is -2.51. The predicted molar refractivity (Wildman–Crippen MR) is 126 cm³/mol. The molecule has 0 radical (unpaired) electrons. The second kappa shape index (κ2) is 8.43. The van der Waals surface area contributed by atoms with Gasteiger partial charge in [0.1, 0.15) is 5.75 Å². The van der Waals surface area contributed by atoms with Gasteiger partial charge >= 0.3 is 6.03 Å². The van der Waals surface area contributed by atoms with E-state index in [0.717, 1.165) is 39.8 Å². The number of carbonyl (C=O) groups excluding carboxylic acids is 1. The molecule has 1 fully saturated rings. The summed E-state index contributed by atoms with van der Waals surface area (Å²) < 4.78 is 6.43. The molecule has 31 heavy (non-hydrogen) atoms. The highest BCUT2D eigenvalue weighted by Gasteiger charge is 2.23. The summed E-state index contributed by atoms with van der Waals surface area (Å²) in [5.41, 5.74) is 2.12. The number of hydrogen-bond acceptors (Lipinski definition) is 5. The third-order valence-corrected chi connectivity index (χ3v) is 6.81. The molecule has 5 rings (SSSR count). The number of benzene rings is 3. The van der Waals surface area contributed by atoms with Gasteiger partial charge < -0.3 is 19.9 Å². The van der Waals surface area contributed by atoms with Crippen molar-refractivity contribution in [2.45, 2.75) is 6.54 Å². The van der Waals surface area contributed by atoms with Gasteiger partial charge in [0, 0.05) is 32.7 Å². The third-order valence-electron chi connectivity index (χ3n) is 5.73. The van der Waals surface area contributed by atoms with Crippen LogP contribution in [0.15, 0.2) is 60.7 Å². The van der Waals surface area contributed by atoms with Crippen molar-refractivity contribution in [2.75, 3.05) is 38.2 Å². The Kier molecular flexibility index (Phi) is 5.34. The van der Waals surface area contributed by atoms with Gasteiger partial charge in [-0.2, -0.15) is 0 Å². The van der Waals surface area contributed by atoms with Crippen LogP contribution in [0.25, 0.3) is 21.0 Å². The van der Waals surface area contributed by atoms with Crippen molar-refractivity contribution >= 4 is 43.5 Å². The SMILES string of the molecule is COc1ccc2nc(N3CCN(C(=O)NCc4cccc5ccccc45)CC3)sc2c1. The second-order valence-electron chi connectivity index (χ2n) is 7.60. The second-order valence-corrected chi connectivity index (χ2v) is 8.61. The summed E-state index contributed by atoms with van der Waals surface area (Å²) in [4.78, 5) is 21.6. The number of nitrogens with one attached hydrogen (secondary N) is 1. The number of carbonyl (C=O) groups is 1. The Labute approximate surface area is 185 Å². The topological polar surface area (TPSA) is 57.7 Å². The zero-order valence-electron chi connectivity index (χ0n) is 17.4. The van der Waals surface area contributed by atoms with Gasteiger partial charge in [0.15, 0.2) is 5.13 Å². The number of aromatic nitrogens is 1. The number of urea groups is 1. The van der Waals surface area contributed by atoms with Crippen LogP contribution >= 0.6 is 11.3 Å². The number of fused-ring (bicyclic) bond motifs is 2.